The Morgan fingerprint density at radius 3 is 2.65 bits per heavy atom. The second-order valence-corrected chi connectivity index (χ2v) is 7.71. The summed E-state index contributed by atoms with van der Waals surface area (Å²) in [6.07, 6.45) is -7.00. The van der Waals surface area contributed by atoms with E-state index in [0.29, 0.717) is 5.56 Å². The number of alkyl halides is 4. The van der Waals surface area contributed by atoms with Gasteiger partial charge in [0, 0.05) is 18.2 Å². The number of aromatic nitrogens is 1. The zero-order valence-electron chi connectivity index (χ0n) is 17.8. The summed E-state index contributed by atoms with van der Waals surface area (Å²) in [5.41, 5.74) is 4.08. The van der Waals surface area contributed by atoms with Crippen LogP contribution in [-0.2, 0) is 21.4 Å². The number of halogens is 5. The minimum Gasteiger partial charge on any atom is -0.456 e. The zero-order valence-corrected chi connectivity index (χ0v) is 17.8. The molecule has 3 rings (SSSR count). The van der Waals surface area contributed by atoms with E-state index in [4.69, 9.17) is 20.5 Å². The molecule has 0 unspecified atom stereocenters. The van der Waals surface area contributed by atoms with Gasteiger partial charge in [-0.15, -0.1) is 0 Å². The van der Waals surface area contributed by atoms with Crippen LogP contribution in [0.25, 0.3) is 0 Å². The number of Topliss-reactive ketones (excluding diaryl/α,β-unsaturated/α-hetero) is 1. The lowest BCUT2D eigenvalue weighted by atomic mass is 9.82. The summed E-state index contributed by atoms with van der Waals surface area (Å²) in [5.74, 6) is -1.32. The number of nitrogens with two attached hydrogens (primary N) is 1. The lowest BCUT2D eigenvalue weighted by Gasteiger charge is -2.41. The Morgan fingerprint density at radius 1 is 1.32 bits per heavy atom. The number of amidine groups is 1. The number of rotatable bonds is 7. The van der Waals surface area contributed by atoms with Gasteiger partial charge in [-0.3, -0.25) is 9.78 Å². The van der Waals surface area contributed by atoms with Crippen molar-refractivity contribution in [3.8, 4) is 6.07 Å². The van der Waals surface area contributed by atoms with Gasteiger partial charge < -0.3 is 15.2 Å². The molecule has 180 valence electrons. The molecule has 0 saturated carbocycles. The summed E-state index contributed by atoms with van der Waals surface area (Å²) in [5, 5.41) is 8.83. The molecule has 2 aromatic rings. The maximum Gasteiger partial charge on any atom is 0.411 e. The highest BCUT2D eigenvalue weighted by molar-refractivity contribution is 5.95. The number of aliphatic imine (C=N–C) groups is 1. The molecule has 1 aromatic heterocycles. The number of carbonyl (C=O) groups is 1. The number of nitrogens with zero attached hydrogens (tertiary/aromatic N) is 3. The minimum atomic E-state index is -4.74. The van der Waals surface area contributed by atoms with Crippen molar-refractivity contribution < 1.29 is 36.2 Å². The molecule has 0 fully saturated rings. The highest BCUT2D eigenvalue weighted by atomic mass is 19.4. The smallest absolute Gasteiger partial charge is 0.411 e. The van der Waals surface area contributed by atoms with E-state index in [2.05, 4.69) is 9.98 Å². The quantitative estimate of drug-likeness (QED) is 0.479. The van der Waals surface area contributed by atoms with E-state index in [0.717, 1.165) is 6.07 Å². The number of nitriles is 1. The van der Waals surface area contributed by atoms with E-state index in [1.165, 1.54) is 37.4 Å². The second-order valence-electron chi connectivity index (χ2n) is 7.71. The average Bonchev–Trinajstić information content (AvgIpc) is 2.78. The van der Waals surface area contributed by atoms with Gasteiger partial charge in [-0.05, 0) is 36.8 Å². The van der Waals surface area contributed by atoms with Crippen molar-refractivity contribution >= 4 is 11.8 Å². The largest absolute Gasteiger partial charge is 0.456 e. The molecule has 0 amide bonds. The van der Waals surface area contributed by atoms with Gasteiger partial charge in [0.1, 0.15) is 42.5 Å². The van der Waals surface area contributed by atoms with Gasteiger partial charge in [0.2, 0.25) is 0 Å². The number of ether oxygens (including phenoxy) is 2. The molecule has 12 heteroatoms. The monoisotopic (exact) mass is 482 g/mol. The predicted octanol–water partition coefficient (Wildman–Crippen LogP) is 3.36. The van der Waals surface area contributed by atoms with Crippen LogP contribution in [0.15, 0.2) is 41.5 Å². The molecule has 3 atom stereocenters. The summed E-state index contributed by atoms with van der Waals surface area (Å²) >= 11 is 0. The first kappa shape index (κ1) is 25.0. The summed E-state index contributed by atoms with van der Waals surface area (Å²) in [6.45, 7) is -1.76. The first-order chi connectivity index (χ1) is 16.0. The summed E-state index contributed by atoms with van der Waals surface area (Å²) < 4.78 is 76.9. The molecule has 2 N–H and O–H groups in total. The standard InChI is InChI=1S/C22H19F5N4O3/c1-21(19(33-11-22(25,26)27)18(8-23)34-20(29)31-21)14-6-12(2-4-15(14)24)7-17(32)16-5-3-13(9-28)10-30-16/h2-6,10,18-19H,7-8,11H2,1H3,(H2,29,31)/t18-,19+,21-/m1/s1. The number of carbonyl (C=O) groups excluding carboxylic acids is 1. The van der Waals surface area contributed by atoms with Crippen LogP contribution in [0.2, 0.25) is 0 Å². The van der Waals surface area contributed by atoms with E-state index in [9.17, 15) is 26.7 Å². The Balaban J connectivity index is 1.97. The Morgan fingerprint density at radius 2 is 2.06 bits per heavy atom. The summed E-state index contributed by atoms with van der Waals surface area (Å²) in [7, 11) is 0. The normalized spacial score (nSPS) is 22.4. The molecule has 1 aliphatic heterocycles. The van der Waals surface area contributed by atoms with E-state index in [1.807, 2.05) is 6.07 Å². The summed E-state index contributed by atoms with van der Waals surface area (Å²) in [6, 6.07) is 7.67. The van der Waals surface area contributed by atoms with Crippen molar-refractivity contribution in [3.05, 3.63) is 64.7 Å². The fraction of sp³-hybridized carbons (Fsp3) is 0.364. The third-order valence-electron chi connectivity index (χ3n) is 5.20. The molecule has 0 spiro atoms. The number of hydrogen-bond donors (Lipinski definition) is 1. The topological polar surface area (TPSA) is 111 Å². The van der Waals surface area contributed by atoms with Crippen LogP contribution in [0.1, 0.15) is 34.1 Å². The van der Waals surface area contributed by atoms with Crippen LogP contribution in [-0.4, -0.2) is 48.5 Å². The third-order valence-corrected chi connectivity index (χ3v) is 5.20. The molecule has 1 aliphatic rings. The van der Waals surface area contributed by atoms with Gasteiger partial charge in [0.15, 0.2) is 11.9 Å². The average molecular weight is 482 g/mol. The van der Waals surface area contributed by atoms with E-state index in [-0.39, 0.29) is 23.2 Å². The number of ketones is 1. The maximum absolute atomic E-state index is 14.9. The van der Waals surface area contributed by atoms with Crippen LogP contribution >= 0.6 is 0 Å². The molecule has 34 heavy (non-hydrogen) atoms. The van der Waals surface area contributed by atoms with Crippen molar-refractivity contribution in [1.29, 1.82) is 5.26 Å². The Labute approximate surface area is 191 Å². The lowest BCUT2D eigenvalue weighted by molar-refractivity contribution is -0.206. The van der Waals surface area contributed by atoms with Gasteiger partial charge in [-0.2, -0.15) is 18.4 Å². The molecular formula is C22H19F5N4O3. The summed E-state index contributed by atoms with van der Waals surface area (Å²) in [4.78, 5) is 20.5. The third kappa shape index (κ3) is 5.48. The fourth-order valence-corrected chi connectivity index (χ4v) is 3.65. The highest BCUT2D eigenvalue weighted by Crippen LogP contribution is 2.39. The Hall–Kier alpha value is -3.59. The van der Waals surface area contributed by atoms with Gasteiger partial charge in [-0.25, -0.2) is 13.8 Å². The van der Waals surface area contributed by atoms with Gasteiger partial charge >= 0.3 is 6.18 Å². The van der Waals surface area contributed by atoms with E-state index >= 15 is 0 Å². The van der Waals surface area contributed by atoms with Gasteiger partial charge in [0.05, 0.1) is 5.56 Å². The predicted molar refractivity (Wildman–Crippen MR) is 109 cm³/mol. The molecule has 2 heterocycles. The van der Waals surface area contributed by atoms with Gasteiger partial charge in [0.25, 0.3) is 6.02 Å². The second kappa shape index (κ2) is 9.72. The molecule has 0 aliphatic carbocycles. The fourth-order valence-electron chi connectivity index (χ4n) is 3.65. The van der Waals surface area contributed by atoms with Crippen molar-refractivity contribution in [2.75, 3.05) is 13.3 Å². The zero-order chi connectivity index (χ0) is 25.1. The molecule has 0 radical (unpaired) electrons. The molecule has 0 bridgehead atoms. The van der Waals surface area contributed by atoms with Crippen LogP contribution in [0.4, 0.5) is 22.0 Å². The van der Waals surface area contributed by atoms with Crippen molar-refractivity contribution in [3.63, 3.8) is 0 Å². The van der Waals surface area contributed by atoms with Crippen LogP contribution < -0.4 is 5.73 Å². The maximum atomic E-state index is 14.9. The lowest BCUT2D eigenvalue weighted by Crippen LogP contribution is -2.54. The molecule has 1 aromatic carbocycles. The van der Waals surface area contributed by atoms with Crippen LogP contribution in [0, 0.1) is 17.1 Å². The Bertz CT molecular complexity index is 1130. The highest BCUT2D eigenvalue weighted by Gasteiger charge is 2.49. The van der Waals surface area contributed by atoms with Crippen LogP contribution in [0.5, 0.6) is 0 Å². The minimum absolute atomic E-state index is 0.0632. The van der Waals surface area contributed by atoms with Crippen molar-refractivity contribution in [1.82, 2.24) is 4.98 Å². The molecule has 7 nitrogen and oxygen atoms in total. The van der Waals surface area contributed by atoms with E-state index < -0.39 is 54.8 Å². The first-order valence-corrected chi connectivity index (χ1v) is 9.91. The molecular weight excluding hydrogens is 463 g/mol. The number of benzene rings is 1. The van der Waals surface area contributed by atoms with Crippen molar-refractivity contribution in [2.24, 2.45) is 10.7 Å². The van der Waals surface area contributed by atoms with Gasteiger partial charge in [-0.1, -0.05) is 6.07 Å². The van der Waals surface area contributed by atoms with Crippen LogP contribution in [0.3, 0.4) is 0 Å². The number of pyridine rings is 1. The SMILES string of the molecule is C[C@]1(c2cc(CC(=O)c3ccc(C#N)cn3)ccc2F)N=C(N)O[C@H](CF)[C@@H]1OCC(F)(F)F. The van der Waals surface area contributed by atoms with Crippen molar-refractivity contribution in [2.45, 2.75) is 37.3 Å². The Kier molecular flexibility index (Phi) is 7.16. The van der Waals surface area contributed by atoms with E-state index in [1.54, 1.807) is 0 Å². The molecule has 0 saturated heterocycles. The number of hydrogen-bond acceptors (Lipinski definition) is 7. The first-order valence-electron chi connectivity index (χ1n) is 9.91.